The first-order valence-corrected chi connectivity index (χ1v) is 5.64. The maximum Gasteiger partial charge on any atom is 0.381 e. The van der Waals surface area contributed by atoms with Crippen LogP contribution in [0.5, 0.6) is 0 Å². The van der Waals surface area contributed by atoms with Gasteiger partial charge in [0.15, 0.2) is 5.17 Å². The van der Waals surface area contributed by atoms with Gasteiger partial charge >= 0.3 is 5.82 Å². The lowest BCUT2D eigenvalue weighted by molar-refractivity contribution is -0.389. The predicted molar refractivity (Wildman–Crippen MR) is 69.9 cm³/mol. The van der Waals surface area contributed by atoms with Crippen molar-refractivity contribution in [2.45, 2.75) is 19.9 Å². The zero-order chi connectivity index (χ0) is 12.1. The van der Waals surface area contributed by atoms with Crippen molar-refractivity contribution in [1.29, 1.82) is 5.41 Å². The lowest BCUT2D eigenvalue weighted by atomic mass is 10.4. The minimum atomic E-state index is -0.506. The summed E-state index contributed by atoms with van der Waals surface area (Å²) in [7, 11) is 0. The summed E-state index contributed by atoms with van der Waals surface area (Å²) >= 11 is 1.26. The van der Waals surface area contributed by atoms with Crippen molar-refractivity contribution in [3.8, 4) is 0 Å². The van der Waals surface area contributed by atoms with Crippen molar-refractivity contribution in [1.82, 2.24) is 9.55 Å². The Morgan fingerprint density at radius 1 is 1.76 bits per heavy atom. The smallest absolute Gasteiger partial charge is 0.379 e. The monoisotopic (exact) mass is 279 g/mol. The zero-order valence-corrected chi connectivity index (χ0v) is 10.9. The molecule has 1 heterocycles. The van der Waals surface area contributed by atoms with Crippen LogP contribution in [0.3, 0.4) is 0 Å². The number of aromatic nitrogens is 2. The van der Waals surface area contributed by atoms with E-state index in [0.717, 1.165) is 12.2 Å². The zero-order valence-electron chi connectivity index (χ0n) is 9.25. The molecule has 0 saturated carbocycles. The van der Waals surface area contributed by atoms with Gasteiger partial charge in [-0.25, -0.2) is 0 Å². The highest BCUT2D eigenvalue weighted by molar-refractivity contribution is 8.13. The molecule has 0 fully saturated rings. The van der Waals surface area contributed by atoms with Crippen molar-refractivity contribution in [2.24, 2.45) is 5.73 Å². The van der Waals surface area contributed by atoms with Gasteiger partial charge in [0.05, 0.1) is 0 Å². The number of nitrogens with two attached hydrogens (primary N) is 1. The first kappa shape index (κ1) is 15.7. The molecule has 0 aliphatic carbocycles. The molecule has 7 nitrogen and oxygen atoms in total. The second-order valence-electron chi connectivity index (χ2n) is 3.16. The summed E-state index contributed by atoms with van der Waals surface area (Å²) < 4.78 is 1.73. The lowest BCUT2D eigenvalue weighted by Crippen LogP contribution is -2.06. The Hall–Kier alpha value is -1.28. The fourth-order valence-corrected chi connectivity index (χ4v) is 1.72. The molecule has 0 spiro atoms. The number of hydrogen-bond acceptors (Lipinski definition) is 5. The number of aryl methyl sites for hydroxylation is 2. The molecular weight excluding hydrogens is 266 g/mol. The molecule has 0 saturated heterocycles. The molecule has 3 N–H and O–H groups in total. The second-order valence-corrected chi connectivity index (χ2v) is 4.30. The van der Waals surface area contributed by atoms with Gasteiger partial charge in [-0.3, -0.25) is 5.41 Å². The standard InChI is InChI=1S/C8H13N5O2S.ClH/c1-6-11-7(13(14)15)5-12(6)3-2-4-16-8(9)10;/h5H,2-4H2,1H3,(H3,9,10);1H. The van der Waals surface area contributed by atoms with Crippen LogP contribution in [0, 0.1) is 22.4 Å². The third-order valence-corrected chi connectivity index (χ3v) is 2.76. The van der Waals surface area contributed by atoms with Crippen LogP contribution in [0.2, 0.25) is 0 Å². The lowest BCUT2D eigenvalue weighted by Gasteiger charge is -2.01. The van der Waals surface area contributed by atoms with Gasteiger partial charge in [0, 0.05) is 19.2 Å². The summed E-state index contributed by atoms with van der Waals surface area (Å²) in [4.78, 5) is 13.8. The van der Waals surface area contributed by atoms with E-state index < -0.39 is 4.92 Å². The van der Waals surface area contributed by atoms with Gasteiger partial charge in [0.2, 0.25) is 5.82 Å². The van der Waals surface area contributed by atoms with E-state index in [-0.39, 0.29) is 23.4 Å². The summed E-state index contributed by atoms with van der Waals surface area (Å²) in [5.74, 6) is 1.22. The van der Waals surface area contributed by atoms with Crippen LogP contribution < -0.4 is 5.73 Å². The van der Waals surface area contributed by atoms with E-state index in [4.69, 9.17) is 11.1 Å². The maximum absolute atomic E-state index is 10.5. The van der Waals surface area contributed by atoms with Gasteiger partial charge in [-0.2, -0.15) is 0 Å². The van der Waals surface area contributed by atoms with Crippen LogP contribution in [0.4, 0.5) is 5.82 Å². The Balaban J connectivity index is 0.00000256. The highest BCUT2D eigenvalue weighted by Crippen LogP contribution is 2.11. The van der Waals surface area contributed by atoms with Crippen molar-refractivity contribution in [3.63, 3.8) is 0 Å². The van der Waals surface area contributed by atoms with Crippen LogP contribution in [-0.4, -0.2) is 25.4 Å². The van der Waals surface area contributed by atoms with Crippen LogP contribution in [0.25, 0.3) is 0 Å². The molecule has 0 atom stereocenters. The Labute approximate surface area is 109 Å². The number of imidazole rings is 1. The van der Waals surface area contributed by atoms with Gasteiger partial charge in [0.25, 0.3) is 0 Å². The van der Waals surface area contributed by atoms with E-state index in [1.807, 2.05) is 0 Å². The molecule has 96 valence electrons. The van der Waals surface area contributed by atoms with E-state index >= 15 is 0 Å². The van der Waals surface area contributed by atoms with E-state index in [9.17, 15) is 10.1 Å². The Bertz CT molecular complexity index is 409. The molecule has 1 aromatic heterocycles. The molecule has 17 heavy (non-hydrogen) atoms. The van der Waals surface area contributed by atoms with E-state index in [2.05, 4.69) is 4.98 Å². The SMILES string of the molecule is Cc1nc([N+](=O)[O-])cn1CCCSC(=N)N.Cl. The number of halogens is 1. The first-order chi connectivity index (χ1) is 7.50. The number of amidine groups is 1. The number of hydrogen-bond donors (Lipinski definition) is 2. The molecule has 0 aliphatic rings. The summed E-state index contributed by atoms with van der Waals surface area (Å²) in [6.07, 6.45) is 2.21. The number of rotatable bonds is 5. The highest BCUT2D eigenvalue weighted by Gasteiger charge is 2.14. The summed E-state index contributed by atoms with van der Waals surface area (Å²) in [5.41, 5.74) is 5.18. The number of thioether (sulfide) groups is 1. The molecule has 0 radical (unpaired) electrons. The molecule has 1 rings (SSSR count). The van der Waals surface area contributed by atoms with E-state index in [1.165, 1.54) is 18.0 Å². The van der Waals surface area contributed by atoms with E-state index in [0.29, 0.717) is 12.4 Å². The fraction of sp³-hybridized carbons (Fsp3) is 0.500. The molecule has 1 aromatic rings. The Morgan fingerprint density at radius 3 is 2.88 bits per heavy atom. The quantitative estimate of drug-likeness (QED) is 0.279. The van der Waals surface area contributed by atoms with Gasteiger partial charge in [-0.1, -0.05) is 11.8 Å². The normalized spacial score (nSPS) is 9.71. The third-order valence-electron chi connectivity index (χ3n) is 1.95. The average Bonchev–Trinajstić information content (AvgIpc) is 2.55. The topological polar surface area (TPSA) is 111 Å². The second kappa shape index (κ2) is 7.13. The highest BCUT2D eigenvalue weighted by atomic mass is 35.5. The molecule has 0 unspecified atom stereocenters. The van der Waals surface area contributed by atoms with Gasteiger partial charge in [-0.15, -0.1) is 12.4 Å². The Kier molecular flexibility index (Phi) is 6.59. The maximum atomic E-state index is 10.5. The van der Waals surface area contributed by atoms with Crippen molar-refractivity contribution < 1.29 is 4.92 Å². The third kappa shape index (κ3) is 5.05. The number of nitrogens with one attached hydrogen (secondary N) is 1. The van der Waals surface area contributed by atoms with Crippen LogP contribution in [-0.2, 0) is 6.54 Å². The van der Waals surface area contributed by atoms with Crippen LogP contribution in [0.1, 0.15) is 12.2 Å². The fourth-order valence-electron chi connectivity index (χ4n) is 1.22. The molecule has 0 bridgehead atoms. The molecule has 0 aromatic carbocycles. The summed E-state index contributed by atoms with van der Waals surface area (Å²) in [6, 6.07) is 0. The van der Waals surface area contributed by atoms with Gasteiger partial charge < -0.3 is 20.4 Å². The Morgan fingerprint density at radius 2 is 2.41 bits per heavy atom. The van der Waals surface area contributed by atoms with E-state index in [1.54, 1.807) is 11.5 Å². The minimum Gasteiger partial charge on any atom is -0.379 e. The number of nitrogens with zero attached hydrogens (tertiary/aromatic N) is 3. The summed E-state index contributed by atoms with van der Waals surface area (Å²) in [6.45, 7) is 2.37. The molecule has 0 amide bonds. The molecular formula is C8H14ClN5O2S. The number of nitro groups is 1. The average molecular weight is 280 g/mol. The van der Waals surface area contributed by atoms with Crippen LogP contribution >= 0.6 is 24.2 Å². The summed E-state index contributed by atoms with van der Waals surface area (Å²) in [5, 5.41) is 17.6. The predicted octanol–water partition coefficient (Wildman–Crippen LogP) is 1.54. The van der Waals surface area contributed by atoms with Gasteiger partial charge in [-0.05, 0) is 16.3 Å². The minimum absolute atomic E-state index is 0. The van der Waals surface area contributed by atoms with Gasteiger partial charge in [0.1, 0.15) is 6.20 Å². The van der Waals surface area contributed by atoms with Crippen molar-refractivity contribution >= 4 is 35.2 Å². The van der Waals surface area contributed by atoms with Crippen LogP contribution in [0.15, 0.2) is 6.20 Å². The van der Waals surface area contributed by atoms with Crippen molar-refractivity contribution in [2.75, 3.05) is 5.75 Å². The van der Waals surface area contributed by atoms with Crippen molar-refractivity contribution in [3.05, 3.63) is 22.1 Å². The molecule has 0 aliphatic heterocycles. The largest absolute Gasteiger partial charge is 0.381 e. The molecule has 9 heteroatoms. The first-order valence-electron chi connectivity index (χ1n) is 4.65.